The van der Waals surface area contributed by atoms with Crippen LogP contribution in [0.4, 0.5) is 0 Å². The Labute approximate surface area is 206 Å². The van der Waals surface area contributed by atoms with E-state index in [0.717, 1.165) is 12.8 Å². The van der Waals surface area contributed by atoms with E-state index < -0.39 is 8.07 Å². The van der Waals surface area contributed by atoms with Crippen LogP contribution >= 0.6 is 0 Å². The van der Waals surface area contributed by atoms with Gasteiger partial charge in [0.1, 0.15) is 5.78 Å². The van der Waals surface area contributed by atoms with Crippen molar-refractivity contribution in [2.24, 2.45) is 11.3 Å². The van der Waals surface area contributed by atoms with Gasteiger partial charge in [0, 0.05) is 10.5 Å². The molecule has 0 aliphatic heterocycles. The molecule has 34 heavy (non-hydrogen) atoms. The van der Waals surface area contributed by atoms with Gasteiger partial charge in [0.15, 0.2) is 0 Å². The van der Waals surface area contributed by atoms with Gasteiger partial charge in [-0.15, -0.1) is 0 Å². The molecule has 2 fully saturated rings. The first-order chi connectivity index (χ1) is 16.4. The van der Waals surface area contributed by atoms with Gasteiger partial charge in [-0.1, -0.05) is 117 Å². The SMILES string of the molecule is CC(=O)[C@]12CCCC[C@H]1C[C@@H]([Si](C)(C)C(c1ccccc1)(c1ccccc1)c1ccccc1)C2. The maximum atomic E-state index is 13.1. The predicted molar refractivity (Wildman–Crippen MR) is 145 cm³/mol. The molecule has 2 saturated carbocycles. The summed E-state index contributed by atoms with van der Waals surface area (Å²) < 4.78 is 0. The Morgan fingerprint density at radius 3 is 1.68 bits per heavy atom. The van der Waals surface area contributed by atoms with Crippen molar-refractivity contribution in [3.05, 3.63) is 108 Å². The molecule has 2 heteroatoms. The molecule has 5 rings (SSSR count). The normalized spacial score (nSPS) is 25.0. The van der Waals surface area contributed by atoms with Crippen LogP contribution < -0.4 is 0 Å². The van der Waals surface area contributed by atoms with Crippen molar-refractivity contribution in [1.29, 1.82) is 0 Å². The molecule has 3 atom stereocenters. The number of carbonyl (C=O) groups excluding carboxylic acids is 1. The molecule has 2 aliphatic rings. The number of hydrogen-bond acceptors (Lipinski definition) is 1. The molecule has 176 valence electrons. The fourth-order valence-corrected chi connectivity index (χ4v) is 13.0. The molecular weight excluding hydrogens is 428 g/mol. The van der Waals surface area contributed by atoms with Crippen molar-refractivity contribution in [2.75, 3.05) is 0 Å². The van der Waals surface area contributed by atoms with Crippen LogP contribution in [0.25, 0.3) is 0 Å². The lowest BCUT2D eigenvalue weighted by atomic mass is 9.66. The maximum absolute atomic E-state index is 13.1. The Morgan fingerprint density at radius 1 is 0.794 bits per heavy atom. The zero-order valence-corrected chi connectivity index (χ0v) is 22.0. The van der Waals surface area contributed by atoms with Gasteiger partial charge in [0.25, 0.3) is 0 Å². The van der Waals surface area contributed by atoms with Gasteiger partial charge in [0.2, 0.25) is 0 Å². The topological polar surface area (TPSA) is 17.1 Å². The number of rotatable bonds is 6. The molecule has 1 nitrogen and oxygen atoms in total. The molecule has 0 radical (unpaired) electrons. The summed E-state index contributed by atoms with van der Waals surface area (Å²) in [4.78, 5) is 13.1. The Balaban J connectivity index is 1.75. The lowest BCUT2D eigenvalue weighted by molar-refractivity contribution is -0.130. The molecule has 2 aliphatic carbocycles. The molecule has 0 heterocycles. The molecule has 0 aromatic heterocycles. The molecule has 3 aromatic carbocycles. The minimum Gasteiger partial charge on any atom is -0.299 e. The first kappa shape index (κ1) is 23.3. The van der Waals surface area contributed by atoms with Crippen molar-refractivity contribution in [3.8, 4) is 0 Å². The van der Waals surface area contributed by atoms with Crippen molar-refractivity contribution < 1.29 is 4.79 Å². The second kappa shape index (κ2) is 8.96. The number of benzene rings is 3. The fourth-order valence-electron chi connectivity index (χ4n) is 7.93. The average Bonchev–Trinajstić information content (AvgIpc) is 3.29. The maximum Gasteiger partial charge on any atom is 0.136 e. The van der Waals surface area contributed by atoms with Crippen molar-refractivity contribution >= 4 is 13.9 Å². The standard InChI is InChI=1S/C32H38OSi/c1-25(33)31-22-14-13-21-29(31)23-30(24-31)34(2,3)32(26-15-7-4-8-16-26,27-17-9-5-10-18-27)28-19-11-6-12-20-28/h4-12,15-20,29-30H,13-14,21-24H2,1-3H3/t29-,30+,31+/m0/s1. The number of ketones is 1. The summed E-state index contributed by atoms with van der Waals surface area (Å²) in [5, 5.41) is -0.174. The summed E-state index contributed by atoms with van der Waals surface area (Å²) >= 11 is 0. The molecule has 0 unspecified atom stereocenters. The van der Waals surface area contributed by atoms with Crippen LogP contribution in [0.5, 0.6) is 0 Å². The molecule has 0 saturated heterocycles. The van der Waals surface area contributed by atoms with Crippen molar-refractivity contribution in [3.63, 3.8) is 0 Å². The highest BCUT2D eigenvalue weighted by Gasteiger charge is 2.61. The van der Waals surface area contributed by atoms with Crippen molar-refractivity contribution in [2.45, 2.75) is 69.1 Å². The molecule has 0 N–H and O–H groups in total. The third kappa shape index (κ3) is 3.45. The van der Waals surface area contributed by atoms with Crippen LogP contribution in [0.3, 0.4) is 0 Å². The van der Waals surface area contributed by atoms with Gasteiger partial charge in [0.05, 0.1) is 8.07 Å². The summed E-state index contributed by atoms with van der Waals surface area (Å²) in [7, 11) is -2.11. The second-order valence-corrected chi connectivity index (χ2v) is 16.4. The first-order valence-electron chi connectivity index (χ1n) is 13.1. The minimum atomic E-state index is -2.11. The van der Waals surface area contributed by atoms with Gasteiger partial charge >= 0.3 is 0 Å². The lowest BCUT2D eigenvalue weighted by Crippen LogP contribution is -2.56. The van der Waals surface area contributed by atoms with Gasteiger partial charge in [-0.25, -0.2) is 0 Å². The zero-order chi connectivity index (χ0) is 23.8. The monoisotopic (exact) mass is 466 g/mol. The van der Waals surface area contributed by atoms with Crippen LogP contribution in [-0.4, -0.2) is 13.9 Å². The van der Waals surface area contributed by atoms with Gasteiger partial charge in [-0.3, -0.25) is 4.79 Å². The van der Waals surface area contributed by atoms with E-state index in [9.17, 15) is 4.79 Å². The van der Waals surface area contributed by atoms with Crippen LogP contribution in [0.1, 0.15) is 62.1 Å². The quantitative estimate of drug-likeness (QED) is 0.264. The largest absolute Gasteiger partial charge is 0.299 e. The van der Waals surface area contributed by atoms with E-state index in [4.69, 9.17) is 0 Å². The highest BCUT2D eigenvalue weighted by molar-refractivity contribution is 6.83. The second-order valence-electron chi connectivity index (χ2n) is 11.4. The van der Waals surface area contributed by atoms with E-state index in [0.29, 0.717) is 17.2 Å². The highest BCUT2D eigenvalue weighted by Crippen LogP contribution is 2.63. The van der Waals surface area contributed by atoms with Gasteiger partial charge < -0.3 is 0 Å². The molecule has 0 spiro atoms. The van der Waals surface area contributed by atoms with Crippen molar-refractivity contribution in [1.82, 2.24) is 0 Å². The minimum absolute atomic E-state index is 0.0804. The van der Waals surface area contributed by atoms with E-state index in [2.05, 4.69) is 104 Å². The summed E-state index contributed by atoms with van der Waals surface area (Å²) in [6, 6.07) is 33.7. The van der Waals surface area contributed by atoms with E-state index >= 15 is 0 Å². The summed E-state index contributed by atoms with van der Waals surface area (Å²) in [6.45, 7) is 7.12. The third-order valence-corrected chi connectivity index (χ3v) is 15.0. The van der Waals surface area contributed by atoms with Gasteiger partial charge in [-0.05, 0) is 60.8 Å². The lowest BCUT2D eigenvalue weighted by Gasteiger charge is -2.51. The zero-order valence-electron chi connectivity index (χ0n) is 21.0. The van der Waals surface area contributed by atoms with Crippen LogP contribution in [0.2, 0.25) is 18.6 Å². The first-order valence-corrected chi connectivity index (χ1v) is 16.2. The molecule has 0 amide bonds. The van der Waals surface area contributed by atoms with Crippen LogP contribution in [0.15, 0.2) is 91.0 Å². The van der Waals surface area contributed by atoms with E-state index in [1.165, 1.54) is 42.4 Å². The average molecular weight is 467 g/mol. The van der Waals surface area contributed by atoms with Crippen LogP contribution in [0, 0.1) is 11.3 Å². The number of hydrogen-bond donors (Lipinski definition) is 0. The fraction of sp³-hybridized carbons (Fsp3) is 0.406. The van der Waals surface area contributed by atoms with E-state index in [1.807, 2.05) is 6.92 Å². The number of Topliss-reactive ketones (excluding diaryl/α,β-unsaturated/α-hetero) is 1. The molecule has 0 bridgehead atoms. The molecular formula is C32H38OSi. The third-order valence-electron chi connectivity index (χ3n) is 9.70. The summed E-state index contributed by atoms with van der Waals surface area (Å²) in [5.41, 5.74) is 4.71. The number of carbonyl (C=O) groups is 1. The predicted octanol–water partition coefficient (Wildman–Crippen LogP) is 8.20. The Morgan fingerprint density at radius 2 is 1.26 bits per heavy atom. The van der Waals surface area contributed by atoms with E-state index in [1.54, 1.807) is 0 Å². The van der Waals surface area contributed by atoms with E-state index in [-0.39, 0.29) is 10.5 Å². The van der Waals surface area contributed by atoms with Gasteiger partial charge in [-0.2, -0.15) is 0 Å². The Kier molecular flexibility index (Phi) is 6.14. The Bertz CT molecular complexity index is 1020. The smallest absolute Gasteiger partial charge is 0.136 e. The highest BCUT2D eigenvalue weighted by atomic mass is 28.3. The Hall–Kier alpha value is -2.45. The number of fused-ring (bicyclic) bond motifs is 1. The summed E-state index contributed by atoms with van der Waals surface area (Å²) in [5.74, 6) is 1.02. The summed E-state index contributed by atoms with van der Waals surface area (Å²) in [6.07, 6.45) is 7.13. The molecule has 3 aromatic rings. The van der Waals surface area contributed by atoms with Crippen LogP contribution in [-0.2, 0) is 9.83 Å².